The zero-order valence-electron chi connectivity index (χ0n) is 11.7. The number of hydrogen-bond donors (Lipinski definition) is 1. The monoisotopic (exact) mass is 326 g/mol. The van der Waals surface area contributed by atoms with Crippen LogP contribution >= 0.6 is 15.9 Å². The van der Waals surface area contributed by atoms with Crippen LogP contribution in [0.4, 0.5) is 5.69 Å². The lowest BCUT2D eigenvalue weighted by atomic mass is 10.1. The molecule has 5 heteroatoms. The fraction of sp³-hybridized carbons (Fsp3) is 0.429. The Kier molecular flexibility index (Phi) is 5.11. The Morgan fingerprint density at radius 2 is 1.89 bits per heavy atom. The Bertz CT molecular complexity index is 481. The minimum absolute atomic E-state index is 0.0121. The van der Waals surface area contributed by atoms with Crippen molar-refractivity contribution in [3.63, 3.8) is 0 Å². The molecule has 0 aromatic heterocycles. The Morgan fingerprint density at radius 3 is 2.42 bits per heavy atom. The molecule has 0 spiro atoms. The van der Waals surface area contributed by atoms with Crippen LogP contribution < -0.4 is 5.32 Å². The Balaban J connectivity index is 2.91. The molecule has 0 saturated carbocycles. The van der Waals surface area contributed by atoms with E-state index in [2.05, 4.69) is 21.2 Å². The van der Waals surface area contributed by atoms with E-state index in [-0.39, 0.29) is 11.8 Å². The zero-order valence-corrected chi connectivity index (χ0v) is 13.2. The van der Waals surface area contributed by atoms with Crippen molar-refractivity contribution in [3.8, 4) is 0 Å². The molecule has 0 radical (unpaired) electrons. The van der Waals surface area contributed by atoms with Gasteiger partial charge in [-0.2, -0.15) is 0 Å². The van der Waals surface area contributed by atoms with Gasteiger partial charge in [0.2, 0.25) is 11.8 Å². The molecule has 0 aliphatic carbocycles. The highest BCUT2D eigenvalue weighted by Crippen LogP contribution is 2.22. The van der Waals surface area contributed by atoms with Gasteiger partial charge in [-0.1, -0.05) is 34.1 Å². The van der Waals surface area contributed by atoms with Gasteiger partial charge in [-0.05, 0) is 25.5 Å². The highest BCUT2D eigenvalue weighted by molar-refractivity contribution is 9.10. The van der Waals surface area contributed by atoms with Gasteiger partial charge in [0.1, 0.15) is 0 Å². The number of rotatable bonds is 4. The average molecular weight is 327 g/mol. The molecule has 0 aliphatic heterocycles. The fourth-order valence-electron chi connectivity index (χ4n) is 1.42. The smallest absolute Gasteiger partial charge is 0.240 e. The van der Waals surface area contributed by atoms with Crippen molar-refractivity contribution in [2.24, 2.45) is 0 Å². The van der Waals surface area contributed by atoms with E-state index in [1.807, 2.05) is 24.3 Å². The van der Waals surface area contributed by atoms with Crippen molar-refractivity contribution in [1.82, 2.24) is 4.90 Å². The van der Waals surface area contributed by atoms with Gasteiger partial charge in [0.25, 0.3) is 0 Å². The first-order valence-electron chi connectivity index (χ1n) is 6.02. The van der Waals surface area contributed by atoms with Gasteiger partial charge < -0.3 is 10.2 Å². The molecule has 1 N–H and O–H groups in total. The molecule has 0 atom stereocenters. The molecule has 1 aromatic rings. The van der Waals surface area contributed by atoms with E-state index in [9.17, 15) is 9.59 Å². The van der Waals surface area contributed by atoms with Crippen LogP contribution in [0.25, 0.3) is 0 Å². The highest BCUT2D eigenvalue weighted by Gasteiger charge is 2.24. The van der Waals surface area contributed by atoms with Crippen LogP contribution in [0, 0.1) is 0 Å². The van der Waals surface area contributed by atoms with Crippen molar-refractivity contribution in [2.75, 3.05) is 12.4 Å². The maximum atomic E-state index is 12.0. The second-order valence-corrected chi connectivity index (χ2v) is 6.94. The summed E-state index contributed by atoms with van der Waals surface area (Å²) in [4.78, 5) is 24.8. The normalized spacial score (nSPS) is 11.0. The summed E-state index contributed by atoms with van der Waals surface area (Å²) in [5, 5.41) is 2.87. The van der Waals surface area contributed by atoms with Crippen LogP contribution in [-0.2, 0) is 16.1 Å². The molecule has 1 aromatic carbocycles. The molecule has 0 saturated heterocycles. The maximum Gasteiger partial charge on any atom is 0.240 e. The number of benzene rings is 1. The zero-order chi connectivity index (χ0) is 14.6. The van der Waals surface area contributed by atoms with Crippen molar-refractivity contribution in [2.45, 2.75) is 31.6 Å². The number of nitrogens with one attached hydrogen (secondary N) is 1. The Morgan fingerprint density at radius 1 is 1.32 bits per heavy atom. The maximum absolute atomic E-state index is 12.0. The van der Waals surface area contributed by atoms with Gasteiger partial charge in [-0.25, -0.2) is 0 Å². The minimum Gasteiger partial charge on any atom is -0.342 e. The SMILES string of the molecule is CC(=O)N(C)Cc1ccccc1NC(=O)C(C)(C)Br. The molecule has 0 bridgehead atoms. The summed E-state index contributed by atoms with van der Waals surface area (Å²) in [7, 11) is 1.73. The number of carbonyl (C=O) groups excluding carboxylic acids is 2. The number of amides is 2. The van der Waals surface area contributed by atoms with E-state index >= 15 is 0 Å². The fourth-order valence-corrected chi connectivity index (χ4v) is 1.52. The molecule has 4 nitrogen and oxygen atoms in total. The third kappa shape index (κ3) is 4.67. The number of hydrogen-bond acceptors (Lipinski definition) is 2. The quantitative estimate of drug-likeness (QED) is 0.865. The predicted molar refractivity (Wildman–Crippen MR) is 80.2 cm³/mol. The summed E-state index contributed by atoms with van der Waals surface area (Å²) in [6.07, 6.45) is 0. The average Bonchev–Trinajstić information content (AvgIpc) is 2.30. The summed E-state index contributed by atoms with van der Waals surface area (Å²) >= 11 is 3.32. The number of halogens is 1. The van der Waals surface area contributed by atoms with Crippen molar-refractivity contribution in [3.05, 3.63) is 29.8 Å². The molecular weight excluding hydrogens is 308 g/mol. The highest BCUT2D eigenvalue weighted by atomic mass is 79.9. The third-order valence-electron chi connectivity index (χ3n) is 2.75. The largest absolute Gasteiger partial charge is 0.342 e. The lowest BCUT2D eigenvalue weighted by molar-refractivity contribution is -0.128. The van der Waals surface area contributed by atoms with E-state index in [0.717, 1.165) is 11.3 Å². The number of carbonyl (C=O) groups is 2. The Hall–Kier alpha value is -1.36. The van der Waals surface area contributed by atoms with Crippen LogP contribution in [0.15, 0.2) is 24.3 Å². The van der Waals surface area contributed by atoms with E-state index < -0.39 is 4.32 Å². The molecule has 19 heavy (non-hydrogen) atoms. The third-order valence-corrected chi connectivity index (χ3v) is 3.11. The molecular formula is C14H19BrN2O2. The number of alkyl halides is 1. The van der Waals surface area contributed by atoms with Gasteiger partial charge in [0.15, 0.2) is 0 Å². The van der Waals surface area contributed by atoms with E-state index in [1.165, 1.54) is 6.92 Å². The second-order valence-electron chi connectivity index (χ2n) is 4.96. The number of nitrogens with zero attached hydrogens (tertiary/aromatic N) is 1. The van der Waals surface area contributed by atoms with Gasteiger partial charge >= 0.3 is 0 Å². The van der Waals surface area contributed by atoms with E-state index in [4.69, 9.17) is 0 Å². The standard InChI is InChI=1S/C14H19BrN2O2/c1-10(18)17(4)9-11-7-5-6-8-12(11)16-13(19)14(2,3)15/h5-8H,9H2,1-4H3,(H,16,19). The van der Waals surface area contributed by atoms with Gasteiger partial charge in [0.05, 0.1) is 4.32 Å². The summed E-state index contributed by atoms with van der Waals surface area (Å²) < 4.78 is -0.632. The van der Waals surface area contributed by atoms with Crippen LogP contribution in [0.5, 0.6) is 0 Å². The van der Waals surface area contributed by atoms with Crippen molar-refractivity contribution in [1.29, 1.82) is 0 Å². The van der Waals surface area contributed by atoms with Crippen LogP contribution in [0.1, 0.15) is 26.3 Å². The van der Waals surface area contributed by atoms with Crippen molar-refractivity contribution < 1.29 is 9.59 Å². The summed E-state index contributed by atoms with van der Waals surface area (Å²) in [6, 6.07) is 7.47. The second kappa shape index (κ2) is 6.19. The summed E-state index contributed by atoms with van der Waals surface area (Å²) in [6.45, 7) is 5.55. The first kappa shape index (κ1) is 15.7. The molecule has 2 amide bonds. The Labute approximate surface area is 122 Å². The molecule has 0 aliphatic rings. The van der Waals surface area contributed by atoms with Gasteiger partial charge in [-0.15, -0.1) is 0 Å². The van der Waals surface area contributed by atoms with Crippen LogP contribution in [-0.4, -0.2) is 28.1 Å². The van der Waals surface area contributed by atoms with Gasteiger partial charge in [0, 0.05) is 26.2 Å². The first-order chi connectivity index (χ1) is 8.71. The topological polar surface area (TPSA) is 49.4 Å². The lowest BCUT2D eigenvalue weighted by Crippen LogP contribution is -2.32. The molecule has 104 valence electrons. The number of para-hydroxylation sites is 1. The lowest BCUT2D eigenvalue weighted by Gasteiger charge is -2.20. The molecule has 1 rings (SSSR count). The summed E-state index contributed by atoms with van der Waals surface area (Å²) in [5.74, 6) is -0.132. The van der Waals surface area contributed by atoms with Crippen LogP contribution in [0.2, 0.25) is 0 Å². The minimum atomic E-state index is -0.632. The van der Waals surface area contributed by atoms with Crippen molar-refractivity contribution >= 4 is 33.4 Å². The molecule has 0 unspecified atom stereocenters. The van der Waals surface area contributed by atoms with E-state index in [0.29, 0.717) is 6.54 Å². The van der Waals surface area contributed by atoms with E-state index in [1.54, 1.807) is 25.8 Å². The first-order valence-corrected chi connectivity index (χ1v) is 6.81. The summed E-state index contributed by atoms with van der Waals surface area (Å²) in [5.41, 5.74) is 1.64. The predicted octanol–water partition coefficient (Wildman–Crippen LogP) is 2.78. The van der Waals surface area contributed by atoms with Crippen LogP contribution in [0.3, 0.4) is 0 Å². The number of anilines is 1. The van der Waals surface area contributed by atoms with Gasteiger partial charge in [-0.3, -0.25) is 9.59 Å². The molecule has 0 fully saturated rings. The molecule has 0 heterocycles.